The number of thiophene rings is 1. The van der Waals surface area contributed by atoms with Gasteiger partial charge in [-0.05, 0) is 41.3 Å². The summed E-state index contributed by atoms with van der Waals surface area (Å²) in [5, 5.41) is 2.29. The Labute approximate surface area is 146 Å². The van der Waals surface area contributed by atoms with Gasteiger partial charge in [-0.15, -0.1) is 11.3 Å². The van der Waals surface area contributed by atoms with Crippen LogP contribution in [0.25, 0.3) is 12.2 Å². The molecule has 1 aromatic carbocycles. The molecule has 0 fully saturated rings. The number of ether oxygens (including phenoxy) is 2. The van der Waals surface area contributed by atoms with Crippen LogP contribution in [0.15, 0.2) is 45.3 Å². The van der Waals surface area contributed by atoms with Crippen molar-refractivity contribution >= 4 is 23.5 Å². The average molecular weight is 356 g/mol. The van der Waals surface area contributed by atoms with Crippen LogP contribution < -0.4 is 31.3 Å². The largest absolute Gasteiger partial charge is 0.493 e. The second kappa shape index (κ2) is 7.23. The van der Waals surface area contributed by atoms with Crippen molar-refractivity contribution in [2.45, 2.75) is 0 Å². The molecule has 6 nitrogen and oxygen atoms in total. The lowest BCUT2D eigenvalue weighted by molar-refractivity contribution is 0.355. The Kier molecular flexibility index (Phi) is 4.85. The number of rotatable bonds is 4. The number of methoxy groups -OCH3 is 2. The molecule has 0 spiro atoms. The van der Waals surface area contributed by atoms with E-state index in [-0.39, 0.29) is 21.8 Å². The third kappa shape index (κ3) is 3.72. The fraction of sp³-hybridized carbons (Fsp3) is 0.111. The first kappa shape index (κ1) is 16.8. The van der Waals surface area contributed by atoms with E-state index < -0.39 is 0 Å². The molecule has 128 valence electrons. The van der Waals surface area contributed by atoms with Gasteiger partial charge >= 0.3 is 0 Å². The van der Waals surface area contributed by atoms with E-state index in [1.54, 1.807) is 37.5 Å². The fourth-order valence-corrected chi connectivity index (χ4v) is 2.98. The predicted octanol–water partition coefficient (Wildman–Crippen LogP) is 0.799. The maximum absolute atomic E-state index is 12.3. The summed E-state index contributed by atoms with van der Waals surface area (Å²) in [6.45, 7) is 0. The summed E-state index contributed by atoms with van der Waals surface area (Å²) in [5.74, 6) is 1.13. The van der Waals surface area contributed by atoms with E-state index in [2.05, 4.69) is 9.97 Å². The molecule has 2 heterocycles. The van der Waals surface area contributed by atoms with Gasteiger partial charge in [-0.3, -0.25) is 9.59 Å². The van der Waals surface area contributed by atoms with Crippen molar-refractivity contribution < 1.29 is 9.47 Å². The summed E-state index contributed by atoms with van der Waals surface area (Å²) in [6.07, 6.45) is 3.22. The fourth-order valence-electron chi connectivity index (χ4n) is 2.32. The first-order valence-electron chi connectivity index (χ1n) is 7.42. The Morgan fingerprint density at radius 3 is 2.20 bits per heavy atom. The maximum Gasteiger partial charge on any atom is 0.272 e. The summed E-state index contributed by atoms with van der Waals surface area (Å²) in [5.41, 5.74) is -0.0364. The maximum atomic E-state index is 12.3. The molecule has 0 bridgehead atoms. The zero-order valence-corrected chi connectivity index (χ0v) is 14.5. The van der Waals surface area contributed by atoms with Crippen molar-refractivity contribution in [3.05, 3.63) is 77.6 Å². The molecule has 2 aromatic heterocycles. The van der Waals surface area contributed by atoms with Crippen molar-refractivity contribution in [2.24, 2.45) is 0 Å². The molecular weight excluding hydrogens is 340 g/mol. The minimum absolute atomic E-state index is 0.167. The van der Waals surface area contributed by atoms with Gasteiger partial charge in [0.2, 0.25) is 0 Å². The number of benzene rings is 1. The zero-order valence-electron chi connectivity index (χ0n) is 13.7. The molecule has 0 saturated heterocycles. The van der Waals surface area contributed by atoms with Crippen LogP contribution in [-0.4, -0.2) is 24.2 Å². The van der Waals surface area contributed by atoms with Gasteiger partial charge in [0.1, 0.15) is 10.7 Å². The van der Waals surface area contributed by atoms with E-state index in [1.165, 1.54) is 18.4 Å². The number of aromatic nitrogens is 2. The van der Waals surface area contributed by atoms with Crippen LogP contribution in [0.3, 0.4) is 0 Å². The van der Waals surface area contributed by atoms with Crippen LogP contribution in [0.5, 0.6) is 11.5 Å². The molecule has 0 amide bonds. The molecule has 0 saturated carbocycles. The number of hydrogen-bond acceptors (Lipinski definition) is 5. The Hall–Kier alpha value is -3.06. The van der Waals surface area contributed by atoms with Gasteiger partial charge in [0.05, 0.1) is 14.2 Å². The summed E-state index contributed by atoms with van der Waals surface area (Å²) in [6, 6.07) is 8.97. The number of aromatic amines is 2. The lowest BCUT2D eigenvalue weighted by Crippen LogP contribution is -2.46. The Balaban J connectivity index is 2.10. The number of hydrogen-bond donors (Lipinski definition) is 2. The molecule has 0 aliphatic carbocycles. The molecule has 0 radical (unpaired) electrons. The first-order valence-corrected chi connectivity index (χ1v) is 8.30. The predicted molar refractivity (Wildman–Crippen MR) is 97.9 cm³/mol. The van der Waals surface area contributed by atoms with Crippen molar-refractivity contribution in [3.63, 3.8) is 0 Å². The molecule has 2 N–H and O–H groups in total. The van der Waals surface area contributed by atoms with Gasteiger partial charge in [-0.1, -0.05) is 12.1 Å². The Bertz CT molecular complexity index is 1110. The van der Waals surface area contributed by atoms with Gasteiger partial charge < -0.3 is 19.4 Å². The third-order valence-corrected chi connectivity index (χ3v) is 4.35. The Morgan fingerprint density at radius 1 is 0.920 bits per heavy atom. The summed E-state index contributed by atoms with van der Waals surface area (Å²) in [4.78, 5) is 30.6. The number of nitrogens with one attached hydrogen (secondary N) is 2. The minimum Gasteiger partial charge on any atom is -0.493 e. The van der Waals surface area contributed by atoms with E-state index in [0.717, 1.165) is 4.88 Å². The molecule has 0 aliphatic rings. The quantitative estimate of drug-likeness (QED) is 0.724. The van der Waals surface area contributed by atoms with Crippen LogP contribution in [0.1, 0.15) is 10.4 Å². The smallest absolute Gasteiger partial charge is 0.272 e. The highest BCUT2D eigenvalue weighted by Gasteiger charge is 2.04. The lowest BCUT2D eigenvalue weighted by atomic mass is 10.2. The van der Waals surface area contributed by atoms with E-state index in [9.17, 15) is 9.59 Å². The van der Waals surface area contributed by atoms with Crippen LogP contribution >= 0.6 is 11.3 Å². The molecule has 0 aliphatic heterocycles. The topological polar surface area (TPSA) is 84.2 Å². The molecule has 7 heteroatoms. The van der Waals surface area contributed by atoms with Crippen molar-refractivity contribution in [2.75, 3.05) is 14.2 Å². The van der Waals surface area contributed by atoms with E-state index >= 15 is 0 Å². The van der Waals surface area contributed by atoms with Crippen LogP contribution in [-0.2, 0) is 0 Å². The van der Waals surface area contributed by atoms with Crippen molar-refractivity contribution in [1.82, 2.24) is 9.97 Å². The average Bonchev–Trinajstić information content (AvgIpc) is 3.12. The molecule has 3 aromatic rings. The van der Waals surface area contributed by atoms with Crippen LogP contribution in [0.4, 0.5) is 0 Å². The lowest BCUT2D eigenvalue weighted by Gasteiger charge is -2.07. The van der Waals surface area contributed by atoms with Crippen LogP contribution in [0, 0.1) is 0 Å². The van der Waals surface area contributed by atoms with Gasteiger partial charge in [0, 0.05) is 4.88 Å². The van der Waals surface area contributed by atoms with Gasteiger partial charge in [0.15, 0.2) is 11.5 Å². The highest BCUT2D eigenvalue weighted by molar-refractivity contribution is 7.10. The molecular formula is C18H16N2O4S. The third-order valence-electron chi connectivity index (χ3n) is 3.53. The van der Waals surface area contributed by atoms with Gasteiger partial charge in [-0.25, -0.2) is 0 Å². The highest BCUT2D eigenvalue weighted by atomic mass is 32.1. The van der Waals surface area contributed by atoms with E-state index in [4.69, 9.17) is 9.47 Å². The molecule has 0 atom stereocenters. The highest BCUT2D eigenvalue weighted by Crippen LogP contribution is 2.27. The first-order chi connectivity index (χ1) is 12.1. The Morgan fingerprint density at radius 2 is 1.60 bits per heavy atom. The van der Waals surface area contributed by atoms with E-state index in [0.29, 0.717) is 17.1 Å². The molecule has 3 rings (SSSR count). The summed E-state index contributed by atoms with van der Waals surface area (Å²) < 4.78 is 10.4. The van der Waals surface area contributed by atoms with Crippen molar-refractivity contribution in [1.29, 1.82) is 0 Å². The standard InChI is InChI=1S/C18H16N2O4S/c1-23-15-6-5-11(9-16(15)24-2)8-13-17(21)20-14(18(22)19-13)10-12-4-3-7-25-12/h3-10H,1-2H3,(H,19,22)(H,20,21)/b13-8+,14-10-. The van der Waals surface area contributed by atoms with Crippen molar-refractivity contribution in [3.8, 4) is 11.5 Å². The molecule has 25 heavy (non-hydrogen) atoms. The normalized spacial score (nSPS) is 12.4. The zero-order chi connectivity index (χ0) is 17.8. The van der Waals surface area contributed by atoms with Crippen LogP contribution in [0.2, 0.25) is 0 Å². The number of H-pyrrole nitrogens is 2. The van der Waals surface area contributed by atoms with Gasteiger partial charge in [0.25, 0.3) is 11.1 Å². The second-order valence-electron chi connectivity index (χ2n) is 5.15. The minimum atomic E-state index is -0.378. The summed E-state index contributed by atoms with van der Waals surface area (Å²) >= 11 is 1.48. The van der Waals surface area contributed by atoms with E-state index in [1.807, 2.05) is 17.5 Å². The second-order valence-corrected chi connectivity index (χ2v) is 6.13. The monoisotopic (exact) mass is 356 g/mol. The molecule has 0 unspecified atom stereocenters. The summed E-state index contributed by atoms with van der Waals surface area (Å²) in [7, 11) is 3.08. The van der Waals surface area contributed by atoms with Gasteiger partial charge in [-0.2, -0.15) is 0 Å². The SMILES string of the molecule is COc1ccc(/C=c2/[nH]c(=O)/c(=C/c3cccs3)[nH]c2=O)cc1OC.